The van der Waals surface area contributed by atoms with Gasteiger partial charge in [0.2, 0.25) is 0 Å². The highest BCUT2D eigenvalue weighted by atomic mass is 32.1. The van der Waals surface area contributed by atoms with E-state index in [1.165, 1.54) is 13.1 Å². The molecule has 10 atom stereocenters. The highest BCUT2D eigenvalue weighted by molar-refractivity contribution is 7.80. The first kappa shape index (κ1) is 29.6. The average Bonchev–Trinajstić information content (AvgIpc) is 3.14. The molecule has 7 N–H and O–H groups in total. The van der Waals surface area contributed by atoms with Gasteiger partial charge in [-0.1, -0.05) is 0 Å². The monoisotopic (exact) mass is 580 g/mol. The number of phosphoric ester groups is 2. The van der Waals surface area contributed by atoms with Gasteiger partial charge in [0.05, 0.1) is 18.8 Å². The molecule has 2 saturated heterocycles. The number of hydrogen-bond donors (Lipinski definition) is 8. The Morgan fingerprint density at radius 1 is 1.08 bits per heavy atom. The third-order valence-electron chi connectivity index (χ3n) is 5.35. The Hall–Kier alpha value is -0.950. The molecule has 3 rings (SSSR count). The molecule has 206 valence electrons. The van der Waals surface area contributed by atoms with Crippen LogP contribution in [0, 0.1) is 6.92 Å². The van der Waals surface area contributed by atoms with Crippen LogP contribution in [0.2, 0.25) is 0 Å². The van der Waals surface area contributed by atoms with Crippen molar-refractivity contribution in [2.45, 2.75) is 62.5 Å². The van der Waals surface area contributed by atoms with E-state index in [2.05, 4.69) is 31.0 Å². The number of aliphatic hydroxyl groups excluding tert-OH is 4. The van der Waals surface area contributed by atoms with E-state index < -0.39 is 82.6 Å². The first-order valence-electron chi connectivity index (χ1n) is 10.3. The van der Waals surface area contributed by atoms with E-state index in [1.807, 2.05) is 0 Å². The van der Waals surface area contributed by atoms with Crippen LogP contribution in [-0.2, 0) is 32.0 Å². The third-order valence-corrected chi connectivity index (χ3v) is 8.31. The minimum atomic E-state index is -5.48. The van der Waals surface area contributed by atoms with E-state index in [-0.39, 0.29) is 17.7 Å². The van der Waals surface area contributed by atoms with Crippen molar-refractivity contribution in [2.24, 2.45) is 0 Å². The van der Waals surface area contributed by atoms with Crippen LogP contribution >= 0.6 is 28.3 Å². The summed E-state index contributed by atoms with van der Waals surface area (Å²) >= 11 is 3.87. The largest absolute Gasteiger partial charge is 0.483 e. The Morgan fingerprint density at radius 3 is 2.39 bits per heavy atom. The molecule has 0 aliphatic carbocycles. The number of H-pyrrole nitrogens is 1. The summed E-state index contributed by atoms with van der Waals surface area (Å²) < 4.78 is 49.2. The number of nitrogens with one attached hydrogen (secondary N) is 1. The normalized spacial score (nSPS) is 36.3. The molecular weight excluding hydrogens is 554 g/mol. The maximum absolute atomic E-state index is 12.2. The van der Waals surface area contributed by atoms with Crippen LogP contribution in [0.25, 0.3) is 0 Å². The van der Waals surface area contributed by atoms with Gasteiger partial charge in [-0.25, -0.2) is 13.9 Å². The van der Waals surface area contributed by atoms with Gasteiger partial charge in [-0.3, -0.25) is 23.4 Å². The van der Waals surface area contributed by atoms with Gasteiger partial charge >= 0.3 is 21.3 Å². The van der Waals surface area contributed by atoms with E-state index in [9.17, 15) is 48.9 Å². The van der Waals surface area contributed by atoms with Crippen LogP contribution in [-0.4, -0.2) is 95.0 Å². The van der Waals surface area contributed by atoms with Gasteiger partial charge in [0.15, 0.2) is 6.29 Å². The molecule has 2 aliphatic rings. The number of aromatic nitrogens is 2. The van der Waals surface area contributed by atoms with Crippen molar-refractivity contribution >= 4 is 28.3 Å². The number of hydrogen-bond acceptors (Lipinski definition) is 14. The molecule has 3 heterocycles. The molecule has 0 aromatic carbocycles. The highest BCUT2D eigenvalue weighted by Crippen LogP contribution is 2.61. The zero-order valence-electron chi connectivity index (χ0n) is 18.5. The van der Waals surface area contributed by atoms with Crippen molar-refractivity contribution in [1.29, 1.82) is 0 Å². The van der Waals surface area contributed by atoms with Gasteiger partial charge in [0.25, 0.3) is 5.56 Å². The predicted molar refractivity (Wildman–Crippen MR) is 119 cm³/mol. The zero-order chi connectivity index (χ0) is 27.0. The van der Waals surface area contributed by atoms with Gasteiger partial charge < -0.3 is 39.7 Å². The lowest BCUT2D eigenvalue weighted by Gasteiger charge is -2.39. The second-order valence-corrected chi connectivity index (χ2v) is 11.4. The fraction of sp³-hybridized carbons (Fsp3) is 0.750. The van der Waals surface area contributed by atoms with Crippen molar-refractivity contribution in [3.05, 3.63) is 32.6 Å². The SMILES string of the molecule is Cc1cn(C2CC(O)C(COP(=O)(O)OP(=O)(O)OC3OC(CS)C(O)C(O)C3O)O2)c(=O)[nH]c1=O. The van der Waals surface area contributed by atoms with Crippen LogP contribution in [0.3, 0.4) is 0 Å². The van der Waals surface area contributed by atoms with E-state index in [0.717, 1.165) is 4.57 Å². The molecular formula is C16H26N2O15P2S. The van der Waals surface area contributed by atoms with Crippen molar-refractivity contribution in [2.75, 3.05) is 12.4 Å². The molecule has 0 saturated carbocycles. The Labute approximate surface area is 207 Å². The molecule has 10 unspecified atom stereocenters. The Balaban J connectivity index is 1.59. The number of thiol groups is 1. The average molecular weight is 580 g/mol. The van der Waals surface area contributed by atoms with E-state index in [4.69, 9.17) is 9.47 Å². The maximum atomic E-state index is 12.2. The summed E-state index contributed by atoms with van der Waals surface area (Å²) in [4.78, 5) is 45.3. The van der Waals surface area contributed by atoms with Crippen LogP contribution in [0.4, 0.5) is 0 Å². The van der Waals surface area contributed by atoms with Crippen molar-refractivity contribution < 1.29 is 62.2 Å². The Morgan fingerprint density at radius 2 is 1.75 bits per heavy atom. The summed E-state index contributed by atoms with van der Waals surface area (Å²) in [6.07, 6.45) is -11.3. The lowest BCUT2D eigenvalue weighted by atomic mass is 10.0. The quantitative estimate of drug-likeness (QED) is 0.111. The molecule has 0 radical (unpaired) electrons. The van der Waals surface area contributed by atoms with Crippen LogP contribution in [0.5, 0.6) is 0 Å². The zero-order valence-corrected chi connectivity index (χ0v) is 21.1. The molecule has 1 aromatic heterocycles. The lowest BCUT2D eigenvalue weighted by molar-refractivity contribution is -0.270. The molecule has 20 heteroatoms. The molecule has 0 bridgehead atoms. The molecule has 36 heavy (non-hydrogen) atoms. The number of nitrogens with zero attached hydrogens (tertiary/aromatic N) is 1. The molecule has 2 aliphatic heterocycles. The van der Waals surface area contributed by atoms with Gasteiger partial charge in [-0.2, -0.15) is 16.9 Å². The first-order valence-corrected chi connectivity index (χ1v) is 13.9. The molecule has 0 spiro atoms. The van der Waals surface area contributed by atoms with Gasteiger partial charge in [0.1, 0.15) is 30.6 Å². The standard InChI is InChI=1S/C16H26N2O15P2S/c1-6-3-18(16(24)17-14(6)23)10-2-7(19)8(30-10)4-29-34(25,26)33-35(27,28)32-15-13(22)12(21)11(20)9(5-36)31-15/h3,7-13,15,19-22,36H,2,4-5H2,1H3,(H,25,26)(H,27,28)(H,17,23,24). The summed E-state index contributed by atoms with van der Waals surface area (Å²) in [5, 5.41) is 39.7. The number of phosphoric acid groups is 2. The smallest absolute Gasteiger partial charge is 0.390 e. The summed E-state index contributed by atoms with van der Waals surface area (Å²) in [6, 6.07) is 0. The minimum Gasteiger partial charge on any atom is -0.390 e. The van der Waals surface area contributed by atoms with E-state index in [0.29, 0.717) is 0 Å². The number of aromatic amines is 1. The molecule has 1 aromatic rings. The lowest BCUT2D eigenvalue weighted by Crippen LogP contribution is -2.58. The van der Waals surface area contributed by atoms with E-state index in [1.54, 1.807) is 0 Å². The third kappa shape index (κ3) is 6.92. The highest BCUT2D eigenvalue weighted by Gasteiger charge is 2.48. The fourth-order valence-corrected chi connectivity index (χ4v) is 5.92. The van der Waals surface area contributed by atoms with Crippen molar-refractivity contribution in [3.8, 4) is 0 Å². The molecule has 0 amide bonds. The van der Waals surface area contributed by atoms with Crippen LogP contribution in [0.1, 0.15) is 18.2 Å². The van der Waals surface area contributed by atoms with Crippen LogP contribution < -0.4 is 11.2 Å². The summed E-state index contributed by atoms with van der Waals surface area (Å²) in [7, 11) is -10.8. The van der Waals surface area contributed by atoms with Gasteiger partial charge in [-0.15, -0.1) is 0 Å². The summed E-state index contributed by atoms with van der Waals surface area (Å²) in [5.41, 5.74) is -1.24. The second-order valence-electron chi connectivity index (χ2n) is 8.03. The summed E-state index contributed by atoms with van der Waals surface area (Å²) in [5.74, 6) is -0.182. The number of rotatable bonds is 9. The predicted octanol–water partition coefficient (Wildman–Crippen LogP) is -2.52. The Kier molecular flexibility index (Phi) is 9.40. The van der Waals surface area contributed by atoms with Crippen LogP contribution in [0.15, 0.2) is 15.8 Å². The second kappa shape index (κ2) is 11.4. The maximum Gasteiger partial charge on any atom is 0.483 e. The first-order chi connectivity index (χ1) is 16.6. The topological polar surface area (TPSA) is 257 Å². The number of ether oxygens (including phenoxy) is 2. The van der Waals surface area contributed by atoms with E-state index >= 15 is 0 Å². The molecule has 2 fully saturated rings. The number of aliphatic hydroxyl groups is 4. The molecule has 17 nitrogen and oxygen atoms in total. The van der Waals surface area contributed by atoms with Gasteiger partial charge in [0, 0.05) is 23.9 Å². The fourth-order valence-electron chi connectivity index (χ4n) is 3.46. The number of aryl methyl sites for hydroxylation is 1. The van der Waals surface area contributed by atoms with Crippen molar-refractivity contribution in [1.82, 2.24) is 9.55 Å². The Bertz CT molecular complexity index is 1140. The van der Waals surface area contributed by atoms with Gasteiger partial charge in [-0.05, 0) is 6.92 Å². The summed E-state index contributed by atoms with van der Waals surface area (Å²) in [6.45, 7) is 0.603. The van der Waals surface area contributed by atoms with Crippen molar-refractivity contribution in [3.63, 3.8) is 0 Å². The minimum absolute atomic E-state index is 0.158.